The van der Waals surface area contributed by atoms with Gasteiger partial charge in [0.1, 0.15) is 5.75 Å². The fourth-order valence-corrected chi connectivity index (χ4v) is 2.73. The first-order valence-corrected chi connectivity index (χ1v) is 7.78. The molecule has 2 aromatic carbocycles. The summed E-state index contributed by atoms with van der Waals surface area (Å²) in [5.41, 5.74) is 4.95. The summed E-state index contributed by atoms with van der Waals surface area (Å²) in [5.74, 6) is 2.14. The van der Waals surface area contributed by atoms with Gasteiger partial charge in [-0.2, -0.15) is 5.10 Å². The third kappa shape index (κ3) is 4.39. The van der Waals surface area contributed by atoms with Gasteiger partial charge in [0, 0.05) is 5.56 Å². The van der Waals surface area contributed by atoms with Gasteiger partial charge in [-0.3, -0.25) is 0 Å². The summed E-state index contributed by atoms with van der Waals surface area (Å²) in [6, 6.07) is 11.6. The summed E-state index contributed by atoms with van der Waals surface area (Å²) in [7, 11) is 4.86. The van der Waals surface area contributed by atoms with E-state index in [1.54, 1.807) is 27.5 Å². The third-order valence-electron chi connectivity index (χ3n) is 3.22. The maximum atomic E-state index is 5.31. The van der Waals surface area contributed by atoms with E-state index in [9.17, 15) is 0 Å². The molecule has 0 radical (unpaired) electrons. The Hall–Kier alpha value is -2.21. The molecule has 0 atom stereocenters. The topological polar surface area (TPSA) is 52.1 Å². The van der Waals surface area contributed by atoms with Crippen LogP contribution in [0.4, 0.5) is 0 Å². The summed E-state index contributed by atoms with van der Waals surface area (Å²) < 4.78 is 16.7. The van der Waals surface area contributed by atoms with E-state index in [4.69, 9.17) is 14.2 Å². The largest absolute Gasteiger partial charge is 0.496 e. The van der Waals surface area contributed by atoms with E-state index in [0.717, 1.165) is 21.3 Å². The van der Waals surface area contributed by atoms with Gasteiger partial charge in [-0.1, -0.05) is 18.2 Å². The molecule has 2 rings (SSSR count). The molecule has 0 amide bonds. The Kier molecular flexibility index (Phi) is 6.29. The lowest BCUT2D eigenvalue weighted by Crippen LogP contribution is -2.07. The Labute approximate surface area is 144 Å². The van der Waals surface area contributed by atoms with Crippen LogP contribution in [-0.2, 0) is 6.54 Å². The highest BCUT2D eigenvalue weighted by Crippen LogP contribution is 2.35. The molecule has 122 valence electrons. The van der Waals surface area contributed by atoms with Crippen molar-refractivity contribution in [3.8, 4) is 17.2 Å². The fourth-order valence-electron chi connectivity index (χ4n) is 2.11. The predicted molar refractivity (Wildman–Crippen MR) is 94.7 cm³/mol. The van der Waals surface area contributed by atoms with Gasteiger partial charge in [0.05, 0.1) is 38.6 Å². The minimum atomic E-state index is 0.578. The summed E-state index contributed by atoms with van der Waals surface area (Å²) in [4.78, 5) is 0. The number of nitrogens with one attached hydrogen (secondary N) is 1. The zero-order valence-corrected chi connectivity index (χ0v) is 14.9. The summed E-state index contributed by atoms with van der Waals surface area (Å²) in [6.45, 7) is 0.578. The molecule has 0 saturated heterocycles. The second-order valence-electron chi connectivity index (χ2n) is 4.64. The number of benzene rings is 2. The fraction of sp³-hybridized carbons (Fsp3) is 0.235. The monoisotopic (exact) mass is 378 g/mol. The van der Waals surface area contributed by atoms with Crippen molar-refractivity contribution < 1.29 is 14.2 Å². The molecule has 0 aliphatic carbocycles. The molecule has 0 aliphatic rings. The Morgan fingerprint density at radius 2 is 1.78 bits per heavy atom. The van der Waals surface area contributed by atoms with Crippen molar-refractivity contribution in [2.24, 2.45) is 5.10 Å². The maximum absolute atomic E-state index is 5.31. The Morgan fingerprint density at radius 1 is 1.04 bits per heavy atom. The van der Waals surface area contributed by atoms with Crippen LogP contribution in [0.25, 0.3) is 0 Å². The summed E-state index contributed by atoms with van der Waals surface area (Å²) in [5, 5.41) is 4.24. The van der Waals surface area contributed by atoms with Gasteiger partial charge >= 0.3 is 0 Å². The van der Waals surface area contributed by atoms with E-state index in [1.807, 2.05) is 36.4 Å². The Morgan fingerprint density at radius 3 is 2.48 bits per heavy atom. The van der Waals surface area contributed by atoms with Gasteiger partial charge in [0.15, 0.2) is 11.5 Å². The molecule has 0 spiro atoms. The average molecular weight is 379 g/mol. The molecule has 0 saturated carbocycles. The molecule has 0 aromatic heterocycles. The van der Waals surface area contributed by atoms with Crippen LogP contribution in [0.15, 0.2) is 46.0 Å². The number of nitrogens with zero attached hydrogens (tertiary/aromatic N) is 1. The lowest BCUT2D eigenvalue weighted by atomic mass is 10.2. The van der Waals surface area contributed by atoms with Crippen molar-refractivity contribution in [1.29, 1.82) is 0 Å². The van der Waals surface area contributed by atoms with Crippen LogP contribution in [-0.4, -0.2) is 27.5 Å². The van der Waals surface area contributed by atoms with E-state index in [0.29, 0.717) is 18.0 Å². The number of rotatable bonds is 7. The van der Waals surface area contributed by atoms with Gasteiger partial charge < -0.3 is 19.6 Å². The van der Waals surface area contributed by atoms with Gasteiger partial charge in [0.25, 0.3) is 0 Å². The number of para-hydroxylation sites is 1. The first kappa shape index (κ1) is 17.1. The first-order valence-electron chi connectivity index (χ1n) is 6.99. The molecule has 1 N–H and O–H groups in total. The second kappa shape index (κ2) is 8.43. The predicted octanol–water partition coefficient (Wildman–Crippen LogP) is 3.60. The minimum absolute atomic E-state index is 0.578. The molecule has 23 heavy (non-hydrogen) atoms. The molecule has 2 aromatic rings. The standard InChI is InChI=1S/C17H19BrN2O3/c1-21-15-7-5-4-6-13(15)11-20-19-10-12-8-14(18)17(23-3)16(9-12)22-2/h4-10,20H,11H2,1-3H3/b19-10+. The molecule has 0 aliphatic heterocycles. The van der Waals surface area contributed by atoms with Crippen LogP contribution in [0.1, 0.15) is 11.1 Å². The van der Waals surface area contributed by atoms with E-state index in [1.165, 1.54) is 0 Å². The molecule has 6 heteroatoms. The lowest BCUT2D eigenvalue weighted by Gasteiger charge is -2.10. The van der Waals surface area contributed by atoms with E-state index in [-0.39, 0.29) is 0 Å². The van der Waals surface area contributed by atoms with E-state index < -0.39 is 0 Å². The average Bonchev–Trinajstić information content (AvgIpc) is 2.58. The number of ether oxygens (including phenoxy) is 3. The SMILES string of the molecule is COc1ccccc1CN/N=C/c1cc(Br)c(OC)c(OC)c1. The zero-order valence-electron chi connectivity index (χ0n) is 13.3. The van der Waals surface area contributed by atoms with Crippen molar-refractivity contribution in [2.45, 2.75) is 6.54 Å². The molecule has 0 bridgehead atoms. The van der Waals surface area contributed by atoms with Gasteiger partial charge in [-0.25, -0.2) is 0 Å². The highest BCUT2D eigenvalue weighted by Gasteiger charge is 2.09. The molecule has 0 unspecified atom stereocenters. The van der Waals surface area contributed by atoms with Crippen molar-refractivity contribution >= 4 is 22.1 Å². The Bertz CT molecular complexity index is 690. The van der Waals surface area contributed by atoms with Gasteiger partial charge in [0.2, 0.25) is 0 Å². The first-order chi connectivity index (χ1) is 11.2. The normalized spacial score (nSPS) is 10.6. The highest BCUT2D eigenvalue weighted by atomic mass is 79.9. The maximum Gasteiger partial charge on any atom is 0.174 e. The molecular formula is C17H19BrN2O3. The number of hydrogen-bond acceptors (Lipinski definition) is 5. The molecule has 0 fully saturated rings. The molecular weight excluding hydrogens is 360 g/mol. The Balaban J connectivity index is 2.05. The summed E-state index contributed by atoms with van der Waals surface area (Å²) >= 11 is 3.46. The van der Waals surface area contributed by atoms with E-state index in [2.05, 4.69) is 26.5 Å². The van der Waals surface area contributed by atoms with Crippen LogP contribution in [0.5, 0.6) is 17.2 Å². The molecule has 0 heterocycles. The zero-order chi connectivity index (χ0) is 16.7. The second-order valence-corrected chi connectivity index (χ2v) is 5.50. The number of hydrogen-bond donors (Lipinski definition) is 1. The van der Waals surface area contributed by atoms with E-state index >= 15 is 0 Å². The highest BCUT2D eigenvalue weighted by molar-refractivity contribution is 9.10. The quantitative estimate of drug-likeness (QED) is 0.590. The van der Waals surface area contributed by atoms with Crippen LogP contribution in [0.2, 0.25) is 0 Å². The minimum Gasteiger partial charge on any atom is -0.496 e. The number of halogens is 1. The lowest BCUT2D eigenvalue weighted by molar-refractivity contribution is 0.353. The van der Waals surface area contributed by atoms with Crippen molar-refractivity contribution in [1.82, 2.24) is 5.43 Å². The van der Waals surface area contributed by atoms with Crippen LogP contribution in [0, 0.1) is 0 Å². The van der Waals surface area contributed by atoms with Gasteiger partial charge in [-0.15, -0.1) is 0 Å². The van der Waals surface area contributed by atoms with Crippen molar-refractivity contribution in [2.75, 3.05) is 21.3 Å². The summed E-state index contributed by atoms with van der Waals surface area (Å²) in [6.07, 6.45) is 1.72. The number of hydrazone groups is 1. The van der Waals surface area contributed by atoms with Crippen molar-refractivity contribution in [3.05, 3.63) is 52.0 Å². The third-order valence-corrected chi connectivity index (χ3v) is 3.81. The van der Waals surface area contributed by atoms with Crippen molar-refractivity contribution in [3.63, 3.8) is 0 Å². The molecule has 5 nitrogen and oxygen atoms in total. The van der Waals surface area contributed by atoms with Gasteiger partial charge in [-0.05, 0) is 39.7 Å². The number of methoxy groups -OCH3 is 3. The van der Waals surface area contributed by atoms with Crippen LogP contribution < -0.4 is 19.6 Å². The van der Waals surface area contributed by atoms with Crippen LogP contribution in [0.3, 0.4) is 0 Å². The van der Waals surface area contributed by atoms with Crippen LogP contribution >= 0.6 is 15.9 Å². The smallest absolute Gasteiger partial charge is 0.174 e.